The molecule has 21 heavy (non-hydrogen) atoms. The van der Waals surface area contributed by atoms with Gasteiger partial charge in [0, 0.05) is 11.6 Å². The summed E-state index contributed by atoms with van der Waals surface area (Å²) in [5.41, 5.74) is 0.413. The van der Waals surface area contributed by atoms with E-state index in [1.54, 1.807) is 6.07 Å². The highest BCUT2D eigenvalue weighted by molar-refractivity contribution is 6.36. The first-order chi connectivity index (χ1) is 9.81. The fourth-order valence-electron chi connectivity index (χ4n) is 2.17. The van der Waals surface area contributed by atoms with Crippen LogP contribution in [0, 0.1) is 5.92 Å². The number of fused-ring (bicyclic) bond motifs is 1. The lowest BCUT2D eigenvalue weighted by molar-refractivity contribution is -0.136. The number of benzene rings is 1. The zero-order valence-electron chi connectivity index (χ0n) is 11.6. The van der Waals surface area contributed by atoms with Crippen LogP contribution in [0.1, 0.15) is 20.3 Å². The molecule has 7 heteroatoms. The standard InChI is InChI=1S/C14H15Cl2NO4/c1-7(2)12-14(20)17(4-3-11(18)19)10-6-8(15)5-9(16)13(10)21-12/h5-7,12H,3-4H2,1-2H3,(H,18,19). The highest BCUT2D eigenvalue weighted by Crippen LogP contribution is 2.43. The number of amides is 1. The molecule has 1 aliphatic rings. The van der Waals surface area contributed by atoms with Crippen LogP contribution in [-0.4, -0.2) is 29.6 Å². The number of hydrogen-bond donors (Lipinski definition) is 1. The van der Waals surface area contributed by atoms with Gasteiger partial charge in [-0.3, -0.25) is 9.59 Å². The number of nitrogens with zero attached hydrogens (tertiary/aromatic N) is 1. The van der Waals surface area contributed by atoms with Crippen LogP contribution in [0.25, 0.3) is 0 Å². The maximum absolute atomic E-state index is 12.5. The molecule has 0 saturated heterocycles. The molecule has 5 nitrogen and oxygen atoms in total. The van der Waals surface area contributed by atoms with Gasteiger partial charge in [-0.05, 0) is 18.1 Å². The smallest absolute Gasteiger partial charge is 0.305 e. The molecule has 1 aliphatic heterocycles. The molecule has 114 valence electrons. The highest BCUT2D eigenvalue weighted by Gasteiger charge is 2.37. The third-order valence-electron chi connectivity index (χ3n) is 3.19. The van der Waals surface area contributed by atoms with Gasteiger partial charge in [0.15, 0.2) is 11.9 Å². The van der Waals surface area contributed by atoms with Crippen LogP contribution in [0.3, 0.4) is 0 Å². The normalized spacial score (nSPS) is 17.7. The molecular weight excluding hydrogens is 317 g/mol. The van der Waals surface area contributed by atoms with Gasteiger partial charge in [-0.2, -0.15) is 0 Å². The van der Waals surface area contributed by atoms with Crippen molar-refractivity contribution in [2.45, 2.75) is 26.4 Å². The molecule has 0 radical (unpaired) electrons. The minimum absolute atomic E-state index is 0.0460. The van der Waals surface area contributed by atoms with Gasteiger partial charge < -0.3 is 14.7 Å². The van der Waals surface area contributed by atoms with Crippen molar-refractivity contribution in [3.05, 3.63) is 22.2 Å². The van der Waals surface area contributed by atoms with Crippen molar-refractivity contribution in [2.75, 3.05) is 11.4 Å². The summed E-state index contributed by atoms with van der Waals surface area (Å²) in [4.78, 5) is 24.7. The van der Waals surface area contributed by atoms with Crippen molar-refractivity contribution < 1.29 is 19.4 Å². The van der Waals surface area contributed by atoms with Crippen LogP contribution in [0.5, 0.6) is 5.75 Å². The summed E-state index contributed by atoms with van der Waals surface area (Å²) in [5, 5.41) is 9.50. The van der Waals surface area contributed by atoms with E-state index in [1.165, 1.54) is 11.0 Å². The number of anilines is 1. The van der Waals surface area contributed by atoms with Crippen LogP contribution in [0.15, 0.2) is 12.1 Å². The Morgan fingerprint density at radius 2 is 2.10 bits per heavy atom. The fourth-order valence-corrected chi connectivity index (χ4v) is 2.70. The van der Waals surface area contributed by atoms with E-state index in [1.807, 2.05) is 13.8 Å². The maximum atomic E-state index is 12.5. The fraction of sp³-hybridized carbons (Fsp3) is 0.429. The number of carbonyl (C=O) groups excluding carboxylic acids is 1. The Hall–Kier alpha value is -1.46. The average Bonchev–Trinajstić information content (AvgIpc) is 2.36. The second-order valence-corrected chi connectivity index (χ2v) is 6.00. The first kappa shape index (κ1) is 15.9. The largest absolute Gasteiger partial charge is 0.481 e. The number of rotatable bonds is 4. The van der Waals surface area contributed by atoms with E-state index in [-0.39, 0.29) is 24.8 Å². The Morgan fingerprint density at radius 1 is 1.43 bits per heavy atom. The first-order valence-electron chi connectivity index (χ1n) is 6.50. The lowest BCUT2D eigenvalue weighted by Crippen LogP contribution is -2.49. The van der Waals surface area contributed by atoms with Gasteiger partial charge in [0.05, 0.1) is 17.1 Å². The van der Waals surface area contributed by atoms with E-state index in [2.05, 4.69) is 0 Å². The average molecular weight is 332 g/mol. The topological polar surface area (TPSA) is 66.8 Å². The van der Waals surface area contributed by atoms with E-state index < -0.39 is 12.1 Å². The Bertz CT molecular complexity index is 589. The van der Waals surface area contributed by atoms with Crippen molar-refractivity contribution in [3.8, 4) is 5.75 Å². The summed E-state index contributed by atoms with van der Waals surface area (Å²) in [6.07, 6.45) is -0.856. The number of carboxylic acid groups (broad SMARTS) is 1. The van der Waals surface area contributed by atoms with Gasteiger partial charge in [-0.1, -0.05) is 37.0 Å². The van der Waals surface area contributed by atoms with Crippen LogP contribution in [0.2, 0.25) is 10.0 Å². The van der Waals surface area contributed by atoms with Gasteiger partial charge in [-0.15, -0.1) is 0 Å². The van der Waals surface area contributed by atoms with Crippen LogP contribution < -0.4 is 9.64 Å². The lowest BCUT2D eigenvalue weighted by Gasteiger charge is -2.36. The van der Waals surface area contributed by atoms with E-state index >= 15 is 0 Å². The molecule has 1 atom stereocenters. The Kier molecular flexibility index (Phi) is 4.64. The third kappa shape index (κ3) is 3.24. The third-order valence-corrected chi connectivity index (χ3v) is 3.69. The van der Waals surface area contributed by atoms with E-state index in [0.29, 0.717) is 21.5 Å². The molecule has 2 rings (SSSR count). The predicted octanol–water partition coefficient (Wildman–Crippen LogP) is 3.22. The van der Waals surface area contributed by atoms with E-state index in [4.69, 9.17) is 33.0 Å². The second-order valence-electron chi connectivity index (χ2n) is 5.15. The van der Waals surface area contributed by atoms with Gasteiger partial charge in [0.25, 0.3) is 5.91 Å². The van der Waals surface area contributed by atoms with E-state index in [9.17, 15) is 9.59 Å². The molecule has 1 unspecified atom stereocenters. The zero-order valence-corrected chi connectivity index (χ0v) is 13.1. The quantitative estimate of drug-likeness (QED) is 0.919. The Balaban J connectivity index is 2.46. The summed E-state index contributed by atoms with van der Waals surface area (Å²) in [6.45, 7) is 3.75. The molecule has 1 amide bonds. The van der Waals surface area contributed by atoms with Crippen LogP contribution in [-0.2, 0) is 9.59 Å². The van der Waals surface area contributed by atoms with Crippen molar-refractivity contribution in [1.29, 1.82) is 0 Å². The molecule has 0 aliphatic carbocycles. The van der Waals surface area contributed by atoms with Crippen molar-refractivity contribution in [2.24, 2.45) is 5.92 Å². The molecule has 0 aromatic heterocycles. The summed E-state index contributed by atoms with van der Waals surface area (Å²) in [6, 6.07) is 3.09. The van der Waals surface area contributed by atoms with Gasteiger partial charge in [0.1, 0.15) is 0 Å². The maximum Gasteiger partial charge on any atom is 0.305 e. The SMILES string of the molecule is CC(C)C1Oc2c(Cl)cc(Cl)cc2N(CCC(=O)O)C1=O. The van der Waals surface area contributed by atoms with Gasteiger partial charge >= 0.3 is 5.97 Å². The molecule has 1 aromatic rings. The lowest BCUT2D eigenvalue weighted by atomic mass is 10.0. The number of carbonyl (C=O) groups is 2. The zero-order chi connectivity index (χ0) is 15.7. The molecule has 0 bridgehead atoms. The van der Waals surface area contributed by atoms with Crippen LogP contribution in [0.4, 0.5) is 5.69 Å². The minimum atomic E-state index is -0.981. The number of hydrogen-bond acceptors (Lipinski definition) is 3. The number of carboxylic acids is 1. The molecule has 0 spiro atoms. The van der Waals surface area contributed by atoms with E-state index in [0.717, 1.165) is 0 Å². The number of halogens is 2. The summed E-state index contributed by atoms with van der Waals surface area (Å²) in [5.74, 6) is -0.961. The van der Waals surface area contributed by atoms with Crippen LogP contribution >= 0.6 is 23.2 Å². The van der Waals surface area contributed by atoms with Gasteiger partial charge in [-0.25, -0.2) is 0 Å². The second kappa shape index (κ2) is 6.12. The predicted molar refractivity (Wildman–Crippen MR) is 80.3 cm³/mol. The summed E-state index contributed by atoms with van der Waals surface area (Å²) < 4.78 is 5.70. The first-order valence-corrected chi connectivity index (χ1v) is 7.25. The van der Waals surface area contributed by atoms with Crippen molar-refractivity contribution >= 4 is 40.8 Å². The molecule has 1 aromatic carbocycles. The monoisotopic (exact) mass is 331 g/mol. The Morgan fingerprint density at radius 3 is 2.67 bits per heavy atom. The number of ether oxygens (including phenoxy) is 1. The summed E-state index contributed by atoms with van der Waals surface area (Å²) in [7, 11) is 0. The number of aliphatic carboxylic acids is 1. The Labute approximate surface area is 132 Å². The van der Waals surface area contributed by atoms with Crippen molar-refractivity contribution in [3.63, 3.8) is 0 Å². The van der Waals surface area contributed by atoms with Gasteiger partial charge in [0.2, 0.25) is 0 Å². The molecule has 0 saturated carbocycles. The summed E-state index contributed by atoms with van der Waals surface area (Å²) >= 11 is 12.1. The molecule has 1 heterocycles. The van der Waals surface area contributed by atoms with Crippen molar-refractivity contribution in [1.82, 2.24) is 0 Å². The molecule has 0 fully saturated rings. The highest BCUT2D eigenvalue weighted by atomic mass is 35.5. The molecule has 1 N–H and O–H groups in total. The minimum Gasteiger partial charge on any atom is -0.481 e. The molecular formula is C14H15Cl2NO4.